The molecule has 0 unspecified atom stereocenters. The molecule has 0 saturated heterocycles. The second kappa shape index (κ2) is 4.76. The highest BCUT2D eigenvalue weighted by Gasteiger charge is 2.20. The zero-order valence-corrected chi connectivity index (χ0v) is 11.5. The lowest BCUT2D eigenvalue weighted by atomic mass is 10.2. The van der Waals surface area contributed by atoms with Crippen LogP contribution in [-0.2, 0) is 6.42 Å². The molecule has 3 rings (SSSR count). The van der Waals surface area contributed by atoms with Crippen LogP contribution in [0.5, 0.6) is 0 Å². The Morgan fingerprint density at radius 1 is 1.39 bits per heavy atom. The van der Waals surface area contributed by atoms with Crippen LogP contribution < -0.4 is 5.73 Å². The van der Waals surface area contributed by atoms with Crippen molar-refractivity contribution in [2.24, 2.45) is 0 Å². The van der Waals surface area contributed by atoms with Crippen LogP contribution in [0.4, 0.5) is 5.69 Å². The summed E-state index contributed by atoms with van der Waals surface area (Å²) in [5.74, 6) is 0. The molecule has 0 amide bonds. The van der Waals surface area contributed by atoms with E-state index in [1.165, 1.54) is 35.4 Å². The lowest BCUT2D eigenvalue weighted by Crippen LogP contribution is -2.04. The number of aromatic nitrogens is 2. The van der Waals surface area contributed by atoms with Gasteiger partial charge in [-0.2, -0.15) is 5.10 Å². The van der Waals surface area contributed by atoms with Gasteiger partial charge in [-0.3, -0.25) is 4.68 Å². The fourth-order valence-electron chi connectivity index (χ4n) is 2.65. The number of thiophene rings is 1. The first-order chi connectivity index (χ1) is 8.78. The first kappa shape index (κ1) is 11.8. The van der Waals surface area contributed by atoms with Crippen molar-refractivity contribution in [3.8, 4) is 10.6 Å². The van der Waals surface area contributed by atoms with Gasteiger partial charge in [0.2, 0.25) is 0 Å². The van der Waals surface area contributed by atoms with E-state index in [2.05, 4.69) is 23.7 Å². The van der Waals surface area contributed by atoms with Gasteiger partial charge in [-0.25, -0.2) is 0 Å². The van der Waals surface area contributed by atoms with E-state index in [-0.39, 0.29) is 0 Å². The topological polar surface area (TPSA) is 43.8 Å². The predicted octanol–water partition coefficient (Wildman–Crippen LogP) is 3.87. The van der Waals surface area contributed by atoms with Crippen molar-refractivity contribution >= 4 is 17.0 Å². The zero-order chi connectivity index (χ0) is 12.5. The summed E-state index contributed by atoms with van der Waals surface area (Å²) in [5.41, 5.74) is 7.89. The van der Waals surface area contributed by atoms with Gasteiger partial charge in [0.05, 0.1) is 16.6 Å². The number of nitrogens with two attached hydrogens (primary N) is 1. The van der Waals surface area contributed by atoms with Crippen LogP contribution >= 0.6 is 11.3 Å². The zero-order valence-electron chi connectivity index (χ0n) is 10.7. The maximum absolute atomic E-state index is 6.12. The summed E-state index contributed by atoms with van der Waals surface area (Å²) in [6.45, 7) is 2.18. The van der Waals surface area contributed by atoms with Gasteiger partial charge >= 0.3 is 0 Å². The highest BCUT2D eigenvalue weighted by Crippen LogP contribution is 2.35. The maximum atomic E-state index is 6.12. The van der Waals surface area contributed by atoms with E-state index in [4.69, 9.17) is 10.8 Å². The minimum absolute atomic E-state index is 0.562. The first-order valence-electron chi connectivity index (χ1n) is 6.71. The number of hydrogen-bond acceptors (Lipinski definition) is 3. The van der Waals surface area contributed by atoms with E-state index in [0.717, 1.165) is 17.8 Å². The molecule has 2 aromatic heterocycles. The molecule has 2 N–H and O–H groups in total. The Labute approximate surface area is 112 Å². The van der Waals surface area contributed by atoms with E-state index in [1.807, 2.05) is 6.20 Å². The number of anilines is 1. The summed E-state index contributed by atoms with van der Waals surface area (Å²) in [6.07, 6.45) is 8.21. The van der Waals surface area contributed by atoms with Gasteiger partial charge in [0.1, 0.15) is 5.69 Å². The molecule has 0 bridgehead atoms. The maximum Gasteiger partial charge on any atom is 0.125 e. The van der Waals surface area contributed by atoms with E-state index in [9.17, 15) is 0 Å². The molecule has 2 aromatic rings. The van der Waals surface area contributed by atoms with E-state index in [1.54, 1.807) is 11.3 Å². The van der Waals surface area contributed by atoms with Crippen molar-refractivity contribution in [3.05, 3.63) is 23.2 Å². The molecule has 1 aliphatic carbocycles. The Morgan fingerprint density at radius 2 is 2.17 bits per heavy atom. The summed E-state index contributed by atoms with van der Waals surface area (Å²) in [5, 5.41) is 4.71. The standard InChI is InChI=1S/C14H19N3S/c1-2-11-7-8-13(18-11)14-12(15)9-17(16-14)10-5-3-4-6-10/h7-10H,2-6,15H2,1H3. The molecule has 0 radical (unpaired) electrons. The van der Waals surface area contributed by atoms with Gasteiger partial charge in [-0.05, 0) is 31.4 Å². The number of aryl methyl sites for hydroxylation is 1. The van der Waals surface area contributed by atoms with Crippen molar-refractivity contribution in [1.29, 1.82) is 0 Å². The van der Waals surface area contributed by atoms with E-state index >= 15 is 0 Å². The highest BCUT2D eigenvalue weighted by molar-refractivity contribution is 7.15. The average molecular weight is 261 g/mol. The fourth-order valence-corrected chi connectivity index (χ4v) is 3.60. The van der Waals surface area contributed by atoms with Crippen LogP contribution in [0.25, 0.3) is 10.6 Å². The molecular weight excluding hydrogens is 242 g/mol. The van der Waals surface area contributed by atoms with Crippen LogP contribution in [0.2, 0.25) is 0 Å². The van der Waals surface area contributed by atoms with Crippen molar-refractivity contribution in [2.45, 2.75) is 45.1 Å². The third-order valence-corrected chi connectivity index (χ3v) is 4.94. The van der Waals surface area contributed by atoms with Gasteiger partial charge in [-0.1, -0.05) is 19.8 Å². The Kier molecular flexibility index (Phi) is 3.12. The van der Waals surface area contributed by atoms with Crippen molar-refractivity contribution < 1.29 is 0 Å². The molecular formula is C14H19N3S. The molecule has 2 heterocycles. The third kappa shape index (κ3) is 2.05. The Balaban J connectivity index is 1.92. The molecule has 4 heteroatoms. The molecule has 0 spiro atoms. The summed E-state index contributed by atoms with van der Waals surface area (Å²) in [6, 6.07) is 4.88. The van der Waals surface area contributed by atoms with Crippen LogP contribution in [-0.4, -0.2) is 9.78 Å². The monoisotopic (exact) mass is 261 g/mol. The molecule has 1 saturated carbocycles. The number of nitrogens with zero attached hydrogens (tertiary/aromatic N) is 2. The normalized spacial score (nSPS) is 16.5. The summed E-state index contributed by atoms with van der Waals surface area (Å²) in [4.78, 5) is 2.58. The molecule has 1 fully saturated rings. The third-order valence-electron chi connectivity index (χ3n) is 3.70. The molecule has 96 valence electrons. The lowest BCUT2D eigenvalue weighted by Gasteiger charge is -2.08. The molecule has 1 aliphatic rings. The Hall–Kier alpha value is -1.29. The lowest BCUT2D eigenvalue weighted by molar-refractivity contribution is 0.468. The summed E-state index contributed by atoms with van der Waals surface area (Å²) in [7, 11) is 0. The Morgan fingerprint density at radius 3 is 2.83 bits per heavy atom. The van der Waals surface area contributed by atoms with Crippen LogP contribution in [0.15, 0.2) is 18.3 Å². The Bertz CT molecular complexity index is 535. The number of rotatable bonds is 3. The van der Waals surface area contributed by atoms with Gasteiger partial charge < -0.3 is 5.73 Å². The fraction of sp³-hybridized carbons (Fsp3) is 0.500. The number of hydrogen-bond donors (Lipinski definition) is 1. The van der Waals surface area contributed by atoms with Crippen LogP contribution in [0.3, 0.4) is 0 Å². The minimum Gasteiger partial charge on any atom is -0.396 e. The highest BCUT2D eigenvalue weighted by atomic mass is 32.1. The van der Waals surface area contributed by atoms with Gasteiger partial charge in [0, 0.05) is 11.1 Å². The molecule has 18 heavy (non-hydrogen) atoms. The quantitative estimate of drug-likeness (QED) is 0.911. The first-order valence-corrected chi connectivity index (χ1v) is 7.53. The largest absolute Gasteiger partial charge is 0.396 e. The van der Waals surface area contributed by atoms with Gasteiger partial charge in [0.15, 0.2) is 0 Å². The SMILES string of the molecule is CCc1ccc(-c2nn(C3CCCC3)cc2N)s1. The average Bonchev–Trinajstić information content (AvgIpc) is 3.08. The smallest absolute Gasteiger partial charge is 0.125 e. The summed E-state index contributed by atoms with van der Waals surface area (Å²) < 4.78 is 2.09. The second-order valence-electron chi connectivity index (χ2n) is 4.97. The minimum atomic E-state index is 0.562. The summed E-state index contributed by atoms with van der Waals surface area (Å²) >= 11 is 1.80. The van der Waals surface area contributed by atoms with Crippen LogP contribution in [0, 0.1) is 0 Å². The van der Waals surface area contributed by atoms with Crippen molar-refractivity contribution in [2.75, 3.05) is 5.73 Å². The van der Waals surface area contributed by atoms with Crippen LogP contribution in [0.1, 0.15) is 43.5 Å². The predicted molar refractivity (Wildman–Crippen MR) is 76.8 cm³/mol. The van der Waals surface area contributed by atoms with Gasteiger partial charge in [0.25, 0.3) is 0 Å². The molecule has 3 nitrogen and oxygen atoms in total. The number of nitrogen functional groups attached to an aromatic ring is 1. The van der Waals surface area contributed by atoms with Gasteiger partial charge in [-0.15, -0.1) is 11.3 Å². The van der Waals surface area contributed by atoms with E-state index < -0.39 is 0 Å². The molecule has 0 aromatic carbocycles. The van der Waals surface area contributed by atoms with Crippen molar-refractivity contribution in [3.63, 3.8) is 0 Å². The molecule has 0 aliphatic heterocycles. The van der Waals surface area contributed by atoms with E-state index in [0.29, 0.717) is 6.04 Å². The molecule has 0 atom stereocenters. The van der Waals surface area contributed by atoms with Crippen molar-refractivity contribution in [1.82, 2.24) is 9.78 Å². The second-order valence-corrected chi connectivity index (χ2v) is 6.14.